The second-order valence-electron chi connectivity index (χ2n) is 6.37. The molecule has 1 unspecified atom stereocenters. The van der Waals surface area contributed by atoms with Crippen LogP contribution in [0.5, 0.6) is 5.75 Å². The van der Waals surface area contributed by atoms with Gasteiger partial charge < -0.3 is 14.3 Å². The molecule has 29 heavy (non-hydrogen) atoms. The summed E-state index contributed by atoms with van der Waals surface area (Å²) in [7, 11) is 1.48. The number of benzene rings is 2. The van der Waals surface area contributed by atoms with E-state index >= 15 is 0 Å². The summed E-state index contributed by atoms with van der Waals surface area (Å²) in [6, 6.07) is 15.6. The van der Waals surface area contributed by atoms with Gasteiger partial charge in [0.25, 0.3) is 11.7 Å². The lowest BCUT2D eigenvalue weighted by molar-refractivity contribution is -0.132. The van der Waals surface area contributed by atoms with Crippen molar-refractivity contribution >= 4 is 34.7 Å². The van der Waals surface area contributed by atoms with Gasteiger partial charge >= 0.3 is 0 Å². The van der Waals surface area contributed by atoms with Gasteiger partial charge in [0.2, 0.25) is 0 Å². The Labute approximate surface area is 171 Å². The minimum absolute atomic E-state index is 0.0851. The van der Waals surface area contributed by atoms with Crippen LogP contribution in [0.1, 0.15) is 17.4 Å². The smallest absolute Gasteiger partial charge is 0.300 e. The number of nitrogens with zero attached hydrogens (tertiary/aromatic N) is 1. The summed E-state index contributed by atoms with van der Waals surface area (Å²) >= 11 is 6.03. The summed E-state index contributed by atoms with van der Waals surface area (Å²) in [5.41, 5.74) is 0.633. The minimum Gasteiger partial charge on any atom is -0.507 e. The molecule has 1 aliphatic rings. The van der Waals surface area contributed by atoms with E-state index in [1.165, 1.54) is 24.3 Å². The molecule has 1 N–H and O–H groups in total. The fourth-order valence-electron chi connectivity index (χ4n) is 3.42. The largest absolute Gasteiger partial charge is 0.507 e. The van der Waals surface area contributed by atoms with Crippen LogP contribution in [0.15, 0.2) is 76.9 Å². The average Bonchev–Trinajstić information content (AvgIpc) is 3.35. The number of anilines is 1. The highest BCUT2D eigenvalue weighted by Crippen LogP contribution is 2.44. The standard InChI is InChI=1S/C22H16ClNO5/c1-28-16-9-3-2-8-15(16)24-19(17-10-5-11-29-17)18(21(26)22(24)27)20(25)13-6-4-7-14(23)12-13/h2-12,19,25H,1H3/b20-18-. The molecule has 6 nitrogen and oxygen atoms in total. The van der Waals surface area contributed by atoms with E-state index in [0.717, 1.165) is 0 Å². The molecular formula is C22H16ClNO5. The first-order valence-electron chi connectivity index (χ1n) is 8.76. The van der Waals surface area contributed by atoms with Crippen molar-refractivity contribution in [2.24, 2.45) is 0 Å². The first kappa shape index (κ1) is 18.8. The Kier molecular flexibility index (Phi) is 4.86. The van der Waals surface area contributed by atoms with E-state index in [-0.39, 0.29) is 11.3 Å². The molecule has 0 saturated carbocycles. The molecule has 2 aromatic carbocycles. The normalized spacial score (nSPS) is 18.3. The quantitative estimate of drug-likeness (QED) is 0.388. The van der Waals surface area contributed by atoms with Crippen LogP contribution in [0.3, 0.4) is 0 Å². The second kappa shape index (κ2) is 7.48. The van der Waals surface area contributed by atoms with Crippen LogP contribution in [0.25, 0.3) is 5.76 Å². The van der Waals surface area contributed by atoms with Crippen LogP contribution in [0.2, 0.25) is 5.02 Å². The van der Waals surface area contributed by atoms with Gasteiger partial charge in [-0.15, -0.1) is 0 Å². The predicted octanol–water partition coefficient (Wildman–Crippen LogP) is 4.57. The van der Waals surface area contributed by atoms with Gasteiger partial charge in [-0.2, -0.15) is 0 Å². The Morgan fingerprint density at radius 2 is 1.90 bits per heavy atom. The highest BCUT2D eigenvalue weighted by molar-refractivity contribution is 6.51. The van der Waals surface area contributed by atoms with Crippen molar-refractivity contribution in [1.29, 1.82) is 0 Å². The third-order valence-electron chi connectivity index (χ3n) is 4.70. The zero-order valence-electron chi connectivity index (χ0n) is 15.3. The molecule has 7 heteroatoms. The Hall–Kier alpha value is -3.51. The van der Waals surface area contributed by atoms with E-state index in [0.29, 0.717) is 27.8 Å². The summed E-state index contributed by atoms with van der Waals surface area (Å²) in [5.74, 6) is -1.20. The van der Waals surface area contributed by atoms with E-state index in [9.17, 15) is 14.7 Å². The summed E-state index contributed by atoms with van der Waals surface area (Å²) in [5, 5.41) is 11.3. The molecule has 0 aliphatic carbocycles. The first-order valence-corrected chi connectivity index (χ1v) is 9.14. The highest BCUT2D eigenvalue weighted by Gasteiger charge is 2.49. The summed E-state index contributed by atoms with van der Waals surface area (Å²) in [6.07, 6.45) is 1.44. The van der Waals surface area contributed by atoms with Crippen molar-refractivity contribution in [2.75, 3.05) is 12.0 Å². The summed E-state index contributed by atoms with van der Waals surface area (Å²) < 4.78 is 10.9. The first-order chi connectivity index (χ1) is 14.0. The number of carbonyl (C=O) groups excluding carboxylic acids is 2. The van der Waals surface area contributed by atoms with Crippen LogP contribution < -0.4 is 9.64 Å². The van der Waals surface area contributed by atoms with Crippen LogP contribution >= 0.6 is 11.6 Å². The lowest BCUT2D eigenvalue weighted by atomic mass is 9.99. The van der Waals surface area contributed by atoms with Gasteiger partial charge in [0.1, 0.15) is 23.3 Å². The number of aliphatic hydroxyl groups is 1. The third-order valence-corrected chi connectivity index (χ3v) is 4.93. The van der Waals surface area contributed by atoms with Gasteiger partial charge in [-0.25, -0.2) is 0 Å². The molecule has 1 aliphatic heterocycles. The van der Waals surface area contributed by atoms with Gasteiger partial charge in [-0.05, 0) is 36.4 Å². The molecule has 0 spiro atoms. The molecule has 1 fully saturated rings. The Morgan fingerprint density at radius 1 is 1.10 bits per heavy atom. The molecule has 0 radical (unpaired) electrons. The number of hydrogen-bond donors (Lipinski definition) is 1. The van der Waals surface area contributed by atoms with Crippen LogP contribution in [-0.2, 0) is 9.59 Å². The third kappa shape index (κ3) is 3.17. The number of rotatable bonds is 4. The number of ketones is 1. The maximum atomic E-state index is 13.0. The van der Waals surface area contributed by atoms with Crippen LogP contribution in [0, 0.1) is 0 Å². The number of hydrogen-bond acceptors (Lipinski definition) is 5. The van der Waals surface area contributed by atoms with E-state index in [1.54, 1.807) is 54.6 Å². The molecule has 1 atom stereocenters. The van der Waals surface area contributed by atoms with E-state index in [1.807, 2.05) is 0 Å². The maximum Gasteiger partial charge on any atom is 0.300 e. The molecule has 1 aromatic heterocycles. The Balaban J connectivity index is 1.96. The van der Waals surface area contributed by atoms with Crippen molar-refractivity contribution in [2.45, 2.75) is 6.04 Å². The predicted molar refractivity (Wildman–Crippen MR) is 108 cm³/mol. The van der Waals surface area contributed by atoms with E-state index in [2.05, 4.69) is 0 Å². The molecule has 146 valence electrons. The van der Waals surface area contributed by atoms with Crippen molar-refractivity contribution in [3.8, 4) is 5.75 Å². The van der Waals surface area contributed by atoms with Gasteiger partial charge in [-0.3, -0.25) is 14.5 Å². The SMILES string of the molecule is COc1ccccc1N1C(=O)C(=O)/C(=C(\O)c2cccc(Cl)c2)C1c1ccco1. The number of halogens is 1. The van der Waals surface area contributed by atoms with Crippen molar-refractivity contribution in [3.63, 3.8) is 0 Å². The average molecular weight is 410 g/mol. The number of aliphatic hydroxyl groups excluding tert-OH is 1. The van der Waals surface area contributed by atoms with E-state index in [4.69, 9.17) is 20.8 Å². The molecule has 1 saturated heterocycles. The molecule has 0 bridgehead atoms. The van der Waals surface area contributed by atoms with Crippen molar-refractivity contribution in [1.82, 2.24) is 0 Å². The van der Waals surface area contributed by atoms with Crippen molar-refractivity contribution in [3.05, 3.63) is 88.8 Å². The summed E-state index contributed by atoms with van der Waals surface area (Å²) in [4.78, 5) is 27.2. The van der Waals surface area contributed by atoms with Gasteiger partial charge in [-0.1, -0.05) is 35.9 Å². The number of methoxy groups -OCH3 is 1. The lowest BCUT2D eigenvalue weighted by Gasteiger charge is -2.24. The maximum absolute atomic E-state index is 13.0. The summed E-state index contributed by atoms with van der Waals surface area (Å²) in [6.45, 7) is 0. The van der Waals surface area contributed by atoms with Gasteiger partial charge in [0.15, 0.2) is 0 Å². The zero-order valence-corrected chi connectivity index (χ0v) is 16.1. The Morgan fingerprint density at radius 3 is 2.59 bits per heavy atom. The number of ether oxygens (including phenoxy) is 1. The topological polar surface area (TPSA) is 80.0 Å². The monoisotopic (exact) mass is 409 g/mol. The van der Waals surface area contributed by atoms with Gasteiger partial charge in [0, 0.05) is 10.6 Å². The molecular weight excluding hydrogens is 394 g/mol. The molecule has 1 amide bonds. The second-order valence-corrected chi connectivity index (χ2v) is 6.80. The lowest BCUT2D eigenvalue weighted by Crippen LogP contribution is -2.29. The number of Topliss-reactive ketones (excluding diaryl/α,β-unsaturated/α-hetero) is 1. The minimum atomic E-state index is -0.958. The number of amides is 1. The van der Waals surface area contributed by atoms with Crippen molar-refractivity contribution < 1.29 is 23.8 Å². The van der Waals surface area contributed by atoms with Crippen LogP contribution in [0.4, 0.5) is 5.69 Å². The van der Waals surface area contributed by atoms with E-state index < -0.39 is 17.7 Å². The zero-order chi connectivity index (χ0) is 20.5. The fourth-order valence-corrected chi connectivity index (χ4v) is 3.61. The fraction of sp³-hybridized carbons (Fsp3) is 0.0909. The number of para-hydroxylation sites is 2. The number of carbonyl (C=O) groups is 2. The molecule has 2 heterocycles. The highest BCUT2D eigenvalue weighted by atomic mass is 35.5. The van der Waals surface area contributed by atoms with Gasteiger partial charge in [0.05, 0.1) is 24.6 Å². The molecule has 4 rings (SSSR count). The van der Waals surface area contributed by atoms with Crippen LogP contribution in [-0.4, -0.2) is 23.9 Å². The number of furan rings is 1. The Bertz CT molecular complexity index is 1120. The molecule has 3 aromatic rings.